The van der Waals surface area contributed by atoms with Gasteiger partial charge in [0.2, 0.25) is 12.4 Å². The number of thioether (sulfide) groups is 1. The Morgan fingerprint density at radius 3 is 2.12 bits per heavy atom. The number of aromatic nitrogens is 8. The lowest BCUT2D eigenvalue weighted by molar-refractivity contribution is -0.885. The van der Waals surface area contributed by atoms with Gasteiger partial charge in [-0.2, -0.15) is 32.3 Å². The van der Waals surface area contributed by atoms with Crippen LogP contribution in [-0.2, 0) is 0 Å². The van der Waals surface area contributed by atoms with Crippen LogP contribution < -0.4 is 9.57 Å². The summed E-state index contributed by atoms with van der Waals surface area (Å²) in [4.78, 5) is 12.5. The first-order valence-electron chi connectivity index (χ1n) is 9.85. The van der Waals surface area contributed by atoms with Crippen molar-refractivity contribution in [1.29, 1.82) is 0 Å². The van der Waals surface area contributed by atoms with Gasteiger partial charge in [0.25, 0.3) is 0 Å². The van der Waals surface area contributed by atoms with Crippen LogP contribution in [0.2, 0.25) is 0 Å². The maximum atomic E-state index is 4.83. The number of benzene rings is 1. The Bertz CT molecular complexity index is 908. The number of hydrogen-bond donors (Lipinski definition) is 2. The number of para-hydroxylation sites is 1. The number of thiazole rings is 1. The molecule has 5 aromatic rings. The van der Waals surface area contributed by atoms with E-state index in [1.54, 1.807) is 35.6 Å². The van der Waals surface area contributed by atoms with Crippen LogP contribution in [0.5, 0.6) is 0 Å². The molecule has 0 bridgehead atoms. The van der Waals surface area contributed by atoms with E-state index in [0.29, 0.717) is 0 Å². The third-order valence-corrected chi connectivity index (χ3v) is 5.59. The van der Waals surface area contributed by atoms with Gasteiger partial charge in [-0.05, 0) is 36.5 Å². The van der Waals surface area contributed by atoms with E-state index in [1.165, 1.54) is 41.7 Å². The third kappa shape index (κ3) is 11.8. The van der Waals surface area contributed by atoms with Gasteiger partial charge in [0.1, 0.15) is 19.8 Å². The van der Waals surface area contributed by atoms with Crippen LogP contribution in [-0.4, -0.2) is 54.2 Å². The fourth-order valence-electron chi connectivity index (χ4n) is 2.15. The fraction of sp³-hybridized carbons (Fsp3) is 0.238. The molecule has 0 spiro atoms. The maximum absolute atomic E-state index is 4.83. The predicted molar refractivity (Wildman–Crippen MR) is 128 cm³/mol. The van der Waals surface area contributed by atoms with Crippen molar-refractivity contribution in [3.05, 3.63) is 85.4 Å². The van der Waals surface area contributed by atoms with Crippen molar-refractivity contribution in [1.82, 2.24) is 35.6 Å². The number of aromatic amines is 2. The molecule has 0 radical (unpaired) electrons. The standard InChI is InChI=1S/C7H5NS.C6H8NO.C4H8S.2C2H3N3/c1-2-4-7-6(3-1)8-5-9-7;1-8-7-5-3-2-4-6-7;1-2-4-5-3-1;1-3-2-5-4-1;1-2-4-5-3-1/h1-5H;2-6H,1H3;1-4H2;2*1-2H,(H,3,4,5)/q;+1;;;. The monoisotopic (exact) mass is 471 g/mol. The molecule has 0 atom stereocenters. The van der Waals surface area contributed by atoms with Gasteiger partial charge >= 0.3 is 0 Å². The second kappa shape index (κ2) is 17.4. The van der Waals surface area contributed by atoms with E-state index in [9.17, 15) is 0 Å². The highest BCUT2D eigenvalue weighted by atomic mass is 32.2. The minimum atomic E-state index is 1.10. The Balaban J connectivity index is 0.000000146. The van der Waals surface area contributed by atoms with E-state index in [2.05, 4.69) is 53.4 Å². The molecule has 1 aliphatic heterocycles. The van der Waals surface area contributed by atoms with E-state index in [0.717, 1.165) is 5.52 Å². The van der Waals surface area contributed by atoms with Crippen LogP contribution in [0.4, 0.5) is 0 Å². The minimum absolute atomic E-state index is 1.10. The summed E-state index contributed by atoms with van der Waals surface area (Å²) in [5, 5.41) is 15.3. The lowest BCUT2D eigenvalue weighted by Gasteiger charge is -1.84. The summed E-state index contributed by atoms with van der Waals surface area (Å²) in [7, 11) is 1.62. The quantitative estimate of drug-likeness (QED) is 0.360. The van der Waals surface area contributed by atoms with E-state index in [-0.39, 0.29) is 0 Å². The summed E-state index contributed by atoms with van der Waals surface area (Å²) in [6.07, 6.45) is 12.7. The van der Waals surface area contributed by atoms with E-state index in [4.69, 9.17) is 4.84 Å². The van der Waals surface area contributed by atoms with Crippen molar-refractivity contribution < 1.29 is 9.57 Å². The van der Waals surface area contributed by atoms with Gasteiger partial charge in [-0.25, -0.2) is 9.97 Å². The van der Waals surface area contributed by atoms with Gasteiger partial charge < -0.3 is 0 Å². The average Bonchev–Trinajstić information content (AvgIpc) is 3.70. The van der Waals surface area contributed by atoms with Crippen molar-refractivity contribution in [2.75, 3.05) is 18.6 Å². The van der Waals surface area contributed by atoms with Crippen molar-refractivity contribution in [3.63, 3.8) is 0 Å². The number of pyridine rings is 1. The van der Waals surface area contributed by atoms with Gasteiger partial charge in [-0.1, -0.05) is 18.2 Å². The molecule has 32 heavy (non-hydrogen) atoms. The van der Waals surface area contributed by atoms with Crippen molar-refractivity contribution in [2.45, 2.75) is 12.8 Å². The van der Waals surface area contributed by atoms with Gasteiger partial charge in [-0.15, -0.1) is 11.3 Å². The van der Waals surface area contributed by atoms with E-state index >= 15 is 0 Å². The molecular formula is C21H27N8OS2+. The molecule has 5 heterocycles. The zero-order valence-electron chi connectivity index (χ0n) is 17.8. The molecule has 6 rings (SSSR count). The van der Waals surface area contributed by atoms with Crippen molar-refractivity contribution in [3.8, 4) is 0 Å². The molecule has 0 amide bonds. The molecule has 2 N–H and O–H groups in total. The third-order valence-electron chi connectivity index (χ3n) is 3.63. The first-order chi connectivity index (χ1) is 15.9. The van der Waals surface area contributed by atoms with Gasteiger partial charge in [0.05, 0.1) is 28.1 Å². The maximum Gasteiger partial charge on any atom is 0.222 e. The zero-order valence-corrected chi connectivity index (χ0v) is 19.5. The van der Waals surface area contributed by atoms with Gasteiger partial charge in [-0.3, -0.25) is 9.94 Å². The van der Waals surface area contributed by atoms with E-state index < -0.39 is 0 Å². The predicted octanol–water partition coefficient (Wildman–Crippen LogP) is 3.45. The summed E-state index contributed by atoms with van der Waals surface area (Å²) in [6, 6.07) is 13.9. The Morgan fingerprint density at radius 2 is 1.69 bits per heavy atom. The summed E-state index contributed by atoms with van der Waals surface area (Å²) >= 11 is 3.75. The molecular weight excluding hydrogens is 444 g/mol. The van der Waals surface area contributed by atoms with Crippen LogP contribution in [0.3, 0.4) is 0 Å². The second-order valence-corrected chi connectivity index (χ2v) is 7.98. The molecule has 9 nitrogen and oxygen atoms in total. The van der Waals surface area contributed by atoms with Crippen LogP contribution in [0.1, 0.15) is 12.8 Å². The molecule has 0 unspecified atom stereocenters. The second-order valence-electron chi connectivity index (χ2n) is 5.87. The summed E-state index contributed by atoms with van der Waals surface area (Å²) in [6.45, 7) is 0. The minimum Gasteiger partial charge on any atom is -0.275 e. The number of fused-ring (bicyclic) bond motifs is 1. The number of rotatable bonds is 1. The molecule has 1 aliphatic rings. The Labute approximate surface area is 195 Å². The van der Waals surface area contributed by atoms with E-state index in [1.807, 2.05) is 54.3 Å². The fourth-order valence-corrected chi connectivity index (χ4v) is 3.85. The average molecular weight is 472 g/mol. The molecule has 1 aromatic carbocycles. The van der Waals surface area contributed by atoms with Gasteiger partial charge in [0.15, 0.2) is 0 Å². The lowest BCUT2D eigenvalue weighted by Crippen LogP contribution is -2.38. The van der Waals surface area contributed by atoms with Crippen molar-refractivity contribution in [2.24, 2.45) is 0 Å². The van der Waals surface area contributed by atoms with Gasteiger partial charge in [0, 0.05) is 16.9 Å². The van der Waals surface area contributed by atoms with Crippen molar-refractivity contribution >= 4 is 33.3 Å². The molecule has 168 valence electrons. The lowest BCUT2D eigenvalue weighted by atomic mass is 10.3. The normalized spacial score (nSPS) is 11.3. The number of H-pyrrole nitrogens is 2. The Kier molecular flexibility index (Phi) is 13.6. The first kappa shape index (κ1) is 25.0. The highest BCUT2D eigenvalue weighted by Crippen LogP contribution is 2.15. The summed E-state index contributed by atoms with van der Waals surface area (Å²) in [5.41, 5.74) is 2.97. The SMILES string of the molecule is C1CCSC1.CO[n+]1ccccc1.c1ccc2scnc2c1.c1cn[nH]n1.c1nc[nH]n1. The summed E-state index contributed by atoms with van der Waals surface area (Å²) in [5.74, 6) is 2.83. The number of hydrogen-bond acceptors (Lipinski definition) is 8. The first-order valence-corrected chi connectivity index (χ1v) is 11.9. The van der Waals surface area contributed by atoms with Crippen LogP contribution >= 0.6 is 23.1 Å². The summed E-state index contributed by atoms with van der Waals surface area (Å²) < 4.78 is 2.89. The molecule has 1 fully saturated rings. The highest BCUT2D eigenvalue weighted by Gasteiger charge is 1.95. The Morgan fingerprint density at radius 1 is 0.938 bits per heavy atom. The number of nitrogens with one attached hydrogen (secondary N) is 2. The Hall–Kier alpha value is -3.31. The van der Waals surface area contributed by atoms with Crippen LogP contribution in [0.25, 0.3) is 10.2 Å². The molecule has 1 saturated heterocycles. The van der Waals surface area contributed by atoms with Crippen LogP contribution in [0, 0.1) is 0 Å². The molecule has 11 heteroatoms. The zero-order chi connectivity index (χ0) is 22.5. The highest BCUT2D eigenvalue weighted by molar-refractivity contribution is 7.99. The van der Waals surface area contributed by atoms with Crippen LogP contribution in [0.15, 0.2) is 85.4 Å². The number of nitrogens with zero attached hydrogens (tertiary/aromatic N) is 6. The largest absolute Gasteiger partial charge is 0.275 e. The molecule has 4 aromatic heterocycles. The topological polar surface area (TPSA) is 109 Å². The molecule has 0 saturated carbocycles. The molecule has 0 aliphatic carbocycles. The smallest absolute Gasteiger partial charge is 0.222 e.